The Labute approximate surface area is 125 Å². The quantitative estimate of drug-likeness (QED) is 0.804. The molecule has 1 atom stereocenters. The van der Waals surface area contributed by atoms with Gasteiger partial charge in [0.25, 0.3) is 5.91 Å². The molecule has 0 aliphatic carbocycles. The number of carbonyl (C=O) groups excluding carboxylic acids is 1. The molecule has 0 saturated carbocycles. The van der Waals surface area contributed by atoms with Crippen LogP contribution in [0.5, 0.6) is 11.5 Å². The predicted octanol–water partition coefficient (Wildman–Crippen LogP) is 1.96. The average Bonchev–Trinajstić information content (AvgIpc) is 2.53. The van der Waals surface area contributed by atoms with Gasteiger partial charge in [0.05, 0.1) is 13.7 Å². The van der Waals surface area contributed by atoms with Crippen LogP contribution in [0, 0.1) is 5.92 Å². The van der Waals surface area contributed by atoms with E-state index in [-0.39, 0.29) is 12.5 Å². The highest BCUT2D eigenvalue weighted by atomic mass is 16.5. The molecule has 21 heavy (non-hydrogen) atoms. The first-order valence-corrected chi connectivity index (χ1v) is 7.26. The van der Waals surface area contributed by atoms with Gasteiger partial charge >= 0.3 is 0 Å². The Morgan fingerprint density at radius 3 is 2.90 bits per heavy atom. The number of hydrogen-bond donors (Lipinski definition) is 0. The van der Waals surface area contributed by atoms with Crippen molar-refractivity contribution in [2.75, 3.05) is 40.5 Å². The molecule has 1 fully saturated rings. The van der Waals surface area contributed by atoms with Crippen molar-refractivity contribution >= 4 is 5.91 Å². The normalized spacial score (nSPS) is 18.4. The predicted molar refractivity (Wildman–Crippen MR) is 79.7 cm³/mol. The summed E-state index contributed by atoms with van der Waals surface area (Å²) in [5, 5.41) is 0. The van der Waals surface area contributed by atoms with E-state index in [1.807, 2.05) is 23.1 Å². The van der Waals surface area contributed by atoms with E-state index in [4.69, 9.17) is 14.2 Å². The van der Waals surface area contributed by atoms with Crippen LogP contribution in [0.25, 0.3) is 0 Å². The summed E-state index contributed by atoms with van der Waals surface area (Å²) in [5.41, 5.74) is 0. The van der Waals surface area contributed by atoms with Gasteiger partial charge in [-0.3, -0.25) is 4.79 Å². The van der Waals surface area contributed by atoms with Crippen molar-refractivity contribution < 1.29 is 19.0 Å². The Hall–Kier alpha value is -1.75. The number of likely N-dealkylation sites (tertiary alicyclic amines) is 1. The lowest BCUT2D eigenvalue weighted by Crippen LogP contribution is -2.43. The highest BCUT2D eigenvalue weighted by molar-refractivity contribution is 5.77. The van der Waals surface area contributed by atoms with Gasteiger partial charge in [0, 0.05) is 26.3 Å². The minimum absolute atomic E-state index is 0.0265. The molecular weight excluding hydrogens is 270 g/mol. The maximum absolute atomic E-state index is 12.2. The van der Waals surface area contributed by atoms with Crippen molar-refractivity contribution in [1.29, 1.82) is 0 Å². The molecular formula is C16H23NO4. The number of methoxy groups -OCH3 is 2. The molecule has 1 aliphatic heterocycles. The van der Waals surface area contributed by atoms with Crippen LogP contribution in [0.2, 0.25) is 0 Å². The number of benzene rings is 1. The lowest BCUT2D eigenvalue weighted by atomic mass is 9.99. The second-order valence-electron chi connectivity index (χ2n) is 5.27. The van der Waals surface area contributed by atoms with Crippen LogP contribution in [0.1, 0.15) is 12.8 Å². The van der Waals surface area contributed by atoms with E-state index in [9.17, 15) is 4.79 Å². The molecule has 0 spiro atoms. The third-order valence-electron chi connectivity index (χ3n) is 3.68. The Morgan fingerprint density at radius 2 is 2.14 bits per heavy atom. The zero-order chi connectivity index (χ0) is 15.1. The van der Waals surface area contributed by atoms with Gasteiger partial charge in [-0.05, 0) is 30.9 Å². The number of ether oxygens (including phenoxy) is 3. The van der Waals surface area contributed by atoms with E-state index >= 15 is 0 Å². The summed E-state index contributed by atoms with van der Waals surface area (Å²) in [6.45, 7) is 2.34. The summed E-state index contributed by atoms with van der Waals surface area (Å²) in [6.07, 6.45) is 2.15. The SMILES string of the molecule is COCC1CCCN(C(=O)COc2cccc(OC)c2)C1. The van der Waals surface area contributed by atoms with Gasteiger partial charge in [0.15, 0.2) is 6.61 Å². The maximum Gasteiger partial charge on any atom is 0.260 e. The molecule has 1 aliphatic rings. The summed E-state index contributed by atoms with van der Waals surface area (Å²) in [6, 6.07) is 7.28. The molecule has 5 heteroatoms. The van der Waals surface area contributed by atoms with Crippen LogP contribution < -0.4 is 9.47 Å². The number of amides is 1. The van der Waals surface area contributed by atoms with Gasteiger partial charge in [-0.15, -0.1) is 0 Å². The van der Waals surface area contributed by atoms with Crippen LogP contribution in [0.3, 0.4) is 0 Å². The Morgan fingerprint density at radius 1 is 1.33 bits per heavy atom. The summed E-state index contributed by atoms with van der Waals surface area (Å²) in [4.78, 5) is 14.1. The molecule has 1 unspecified atom stereocenters. The Kier molecular flexibility index (Phi) is 5.87. The highest BCUT2D eigenvalue weighted by Crippen LogP contribution is 2.20. The molecule has 1 aromatic rings. The van der Waals surface area contributed by atoms with Gasteiger partial charge in [-0.25, -0.2) is 0 Å². The molecule has 0 radical (unpaired) electrons. The summed E-state index contributed by atoms with van der Waals surface area (Å²) in [5.74, 6) is 1.83. The second kappa shape index (κ2) is 7.88. The van der Waals surface area contributed by atoms with Crippen LogP contribution in [0.15, 0.2) is 24.3 Å². The fourth-order valence-electron chi connectivity index (χ4n) is 2.59. The monoisotopic (exact) mass is 293 g/mol. The van der Waals surface area contributed by atoms with Crippen molar-refractivity contribution in [2.45, 2.75) is 12.8 Å². The van der Waals surface area contributed by atoms with E-state index in [2.05, 4.69) is 0 Å². The number of rotatable bonds is 6. The zero-order valence-corrected chi connectivity index (χ0v) is 12.7. The summed E-state index contributed by atoms with van der Waals surface area (Å²) < 4.78 is 15.9. The topological polar surface area (TPSA) is 48.0 Å². The summed E-state index contributed by atoms with van der Waals surface area (Å²) >= 11 is 0. The van der Waals surface area contributed by atoms with Crippen LogP contribution in [-0.4, -0.2) is 51.3 Å². The first-order valence-electron chi connectivity index (χ1n) is 7.26. The van der Waals surface area contributed by atoms with Gasteiger partial charge < -0.3 is 19.1 Å². The van der Waals surface area contributed by atoms with Crippen molar-refractivity contribution in [2.24, 2.45) is 5.92 Å². The maximum atomic E-state index is 12.2. The fraction of sp³-hybridized carbons (Fsp3) is 0.562. The van der Waals surface area contributed by atoms with Gasteiger partial charge in [-0.1, -0.05) is 6.07 Å². The third-order valence-corrected chi connectivity index (χ3v) is 3.68. The lowest BCUT2D eigenvalue weighted by molar-refractivity contribution is -0.135. The Balaban J connectivity index is 1.83. The van der Waals surface area contributed by atoms with E-state index in [1.165, 1.54) is 0 Å². The number of nitrogens with zero attached hydrogens (tertiary/aromatic N) is 1. The largest absolute Gasteiger partial charge is 0.497 e. The van der Waals surface area contributed by atoms with Gasteiger partial charge in [-0.2, -0.15) is 0 Å². The first kappa shape index (κ1) is 15.6. The van der Waals surface area contributed by atoms with E-state index < -0.39 is 0 Å². The van der Waals surface area contributed by atoms with Crippen molar-refractivity contribution in [3.63, 3.8) is 0 Å². The molecule has 1 aromatic carbocycles. The number of piperidine rings is 1. The third kappa shape index (κ3) is 4.63. The molecule has 0 bridgehead atoms. The molecule has 0 N–H and O–H groups in total. The number of carbonyl (C=O) groups is 1. The van der Waals surface area contributed by atoms with Crippen LogP contribution in [0.4, 0.5) is 0 Å². The van der Waals surface area contributed by atoms with Crippen LogP contribution in [-0.2, 0) is 9.53 Å². The molecule has 5 nitrogen and oxygen atoms in total. The minimum Gasteiger partial charge on any atom is -0.497 e. The number of hydrogen-bond acceptors (Lipinski definition) is 4. The molecule has 0 aromatic heterocycles. The zero-order valence-electron chi connectivity index (χ0n) is 12.7. The summed E-state index contributed by atoms with van der Waals surface area (Å²) in [7, 11) is 3.31. The average molecular weight is 293 g/mol. The van der Waals surface area contributed by atoms with Crippen molar-refractivity contribution in [1.82, 2.24) is 4.90 Å². The first-order chi connectivity index (χ1) is 10.2. The lowest BCUT2D eigenvalue weighted by Gasteiger charge is -2.32. The molecule has 1 amide bonds. The van der Waals surface area contributed by atoms with Gasteiger partial charge in [0.2, 0.25) is 0 Å². The van der Waals surface area contributed by atoms with Crippen molar-refractivity contribution in [3.05, 3.63) is 24.3 Å². The smallest absolute Gasteiger partial charge is 0.260 e. The Bertz CT molecular complexity index is 461. The minimum atomic E-state index is 0.0265. The van der Waals surface area contributed by atoms with Crippen LogP contribution >= 0.6 is 0 Å². The molecule has 1 heterocycles. The molecule has 1 saturated heterocycles. The van der Waals surface area contributed by atoms with Crippen molar-refractivity contribution in [3.8, 4) is 11.5 Å². The van der Waals surface area contributed by atoms with E-state index in [0.717, 1.165) is 31.7 Å². The van der Waals surface area contributed by atoms with Gasteiger partial charge in [0.1, 0.15) is 11.5 Å². The second-order valence-corrected chi connectivity index (χ2v) is 5.27. The highest BCUT2D eigenvalue weighted by Gasteiger charge is 2.23. The molecule has 2 rings (SSSR count). The molecule has 116 valence electrons. The fourth-order valence-corrected chi connectivity index (χ4v) is 2.59. The van der Waals surface area contributed by atoms with E-state index in [1.54, 1.807) is 20.3 Å². The van der Waals surface area contributed by atoms with E-state index in [0.29, 0.717) is 18.3 Å². The standard InChI is InChI=1S/C16H23NO4/c1-19-11-13-5-4-8-17(10-13)16(18)12-21-15-7-3-6-14(9-15)20-2/h3,6-7,9,13H,4-5,8,10-12H2,1-2H3.